The Morgan fingerprint density at radius 1 is 1.80 bits per heavy atom. The monoisotopic (exact) mass is 88.0 g/mol. The first kappa shape index (κ1) is 5.35. The van der Waals surface area contributed by atoms with Crippen LogP contribution in [0.25, 0.3) is 0 Å². The first-order chi connectivity index (χ1) is 2.41. The van der Waals surface area contributed by atoms with Crippen molar-refractivity contribution in [1.29, 1.82) is 0 Å². The van der Waals surface area contributed by atoms with E-state index in [1.807, 2.05) is 5.75 Å². The van der Waals surface area contributed by atoms with Crippen molar-refractivity contribution in [3.05, 3.63) is 12.7 Å². The molecule has 0 amide bonds. The second-order valence-corrected chi connectivity index (χ2v) is 1.19. The van der Waals surface area contributed by atoms with Crippen molar-refractivity contribution in [2.75, 3.05) is 0 Å². The first-order valence-electron chi connectivity index (χ1n) is 1.67. The van der Waals surface area contributed by atoms with Gasteiger partial charge in [-0.15, -0.1) is 0 Å². The molecule has 0 heterocycles. The summed E-state index contributed by atoms with van der Waals surface area (Å²) in [5, 5.41) is 0. The van der Waals surface area contributed by atoms with Crippen LogP contribution in [0.15, 0.2) is 0 Å². The lowest BCUT2D eigenvalue weighted by molar-refractivity contribution is 1.03. The maximum Gasteiger partial charge on any atom is 0.0133 e. The zero-order chi connectivity index (χ0) is 4.12. The van der Waals surface area contributed by atoms with Crippen LogP contribution in [0.4, 0.5) is 0 Å². The van der Waals surface area contributed by atoms with Crippen LogP contribution in [0.5, 0.6) is 0 Å². The third kappa shape index (κ3) is 4.35. The van der Waals surface area contributed by atoms with Gasteiger partial charge in [0.25, 0.3) is 0 Å². The van der Waals surface area contributed by atoms with Gasteiger partial charge in [-0.05, 0) is 6.42 Å². The van der Waals surface area contributed by atoms with Gasteiger partial charge in [0.05, 0.1) is 0 Å². The molecule has 0 aromatic heterocycles. The molecule has 0 unspecified atom stereocenters. The number of hydrogen-bond acceptors (Lipinski definition) is 1. The van der Waals surface area contributed by atoms with E-state index in [4.69, 9.17) is 0 Å². The molecule has 0 aromatic rings. The number of hydrogen-bond donors (Lipinski definition) is 1. The maximum atomic E-state index is 3.84. The Bertz CT molecular complexity index is 11.1. The molecular weight excluding hydrogens is 80.1 g/mol. The molecule has 0 bridgehead atoms. The van der Waals surface area contributed by atoms with Crippen LogP contribution >= 0.6 is 12.6 Å². The van der Waals surface area contributed by atoms with E-state index in [0.717, 1.165) is 12.8 Å². The lowest BCUT2D eigenvalue weighted by atomic mass is 10.4. The van der Waals surface area contributed by atoms with Crippen LogP contribution in [0.3, 0.4) is 0 Å². The molecule has 0 saturated heterocycles. The Balaban J connectivity index is 2.19. The summed E-state index contributed by atoms with van der Waals surface area (Å²) < 4.78 is 0. The second-order valence-electron chi connectivity index (χ2n) is 0.825. The van der Waals surface area contributed by atoms with Crippen molar-refractivity contribution in [3.8, 4) is 0 Å². The minimum atomic E-state index is 0.962. The Hall–Kier alpha value is 0.350. The molecule has 0 saturated carbocycles. The summed E-state index contributed by atoms with van der Waals surface area (Å²) in [6, 6.07) is 0. The van der Waals surface area contributed by atoms with Gasteiger partial charge in [-0.3, -0.25) is 0 Å². The van der Waals surface area contributed by atoms with Gasteiger partial charge in [0.1, 0.15) is 0 Å². The summed E-state index contributed by atoms with van der Waals surface area (Å²) in [5.74, 6) is 1.81. The van der Waals surface area contributed by atoms with Gasteiger partial charge in [-0.1, -0.05) is 13.3 Å². The number of unbranched alkanes of at least 4 members (excludes halogenated alkanes) is 1. The van der Waals surface area contributed by atoms with E-state index in [-0.39, 0.29) is 0 Å². The molecular formula is C4H8S. The summed E-state index contributed by atoms with van der Waals surface area (Å²) in [7, 11) is 0. The molecule has 2 radical (unpaired) electrons. The Morgan fingerprint density at radius 3 is 2.40 bits per heavy atom. The van der Waals surface area contributed by atoms with E-state index in [2.05, 4.69) is 19.6 Å². The van der Waals surface area contributed by atoms with Gasteiger partial charge in [-0.2, -0.15) is 12.6 Å². The average Bonchev–Trinajstić information content (AvgIpc) is 1.41. The van der Waals surface area contributed by atoms with E-state index >= 15 is 0 Å². The van der Waals surface area contributed by atoms with Crippen molar-refractivity contribution >= 4 is 12.6 Å². The van der Waals surface area contributed by atoms with E-state index < -0.39 is 0 Å². The fourth-order valence-corrected chi connectivity index (χ4v) is 0.274. The van der Waals surface area contributed by atoms with Crippen LogP contribution in [0.1, 0.15) is 12.8 Å². The molecule has 0 aliphatic carbocycles. The molecule has 5 heavy (non-hydrogen) atoms. The minimum absolute atomic E-state index is 0.962. The SMILES string of the molecule is [CH2]CC[CH]S. The third-order valence-electron chi connectivity index (χ3n) is 0.333. The fourth-order valence-electron chi connectivity index (χ4n) is 0.0913. The predicted molar refractivity (Wildman–Crippen MR) is 27.9 cm³/mol. The molecule has 0 aromatic carbocycles. The first-order valence-corrected chi connectivity index (χ1v) is 2.18. The molecule has 30 valence electrons. The normalized spacial score (nSPS) is 8.40. The smallest absolute Gasteiger partial charge is 0.0133 e. The Kier molecular flexibility index (Phi) is 4.65. The van der Waals surface area contributed by atoms with E-state index in [9.17, 15) is 0 Å². The molecule has 0 atom stereocenters. The Labute approximate surface area is 39.0 Å². The van der Waals surface area contributed by atoms with Crippen LogP contribution in [-0.4, -0.2) is 0 Å². The highest BCUT2D eigenvalue weighted by atomic mass is 32.1. The van der Waals surface area contributed by atoms with Crippen molar-refractivity contribution in [2.45, 2.75) is 12.8 Å². The second kappa shape index (κ2) is 4.35. The highest BCUT2D eigenvalue weighted by Crippen LogP contribution is 1.92. The highest BCUT2D eigenvalue weighted by Gasteiger charge is 1.69. The number of rotatable bonds is 2. The van der Waals surface area contributed by atoms with Gasteiger partial charge >= 0.3 is 0 Å². The van der Waals surface area contributed by atoms with Gasteiger partial charge in [0, 0.05) is 5.75 Å². The highest BCUT2D eigenvalue weighted by molar-refractivity contribution is 7.82. The van der Waals surface area contributed by atoms with Crippen molar-refractivity contribution in [3.63, 3.8) is 0 Å². The van der Waals surface area contributed by atoms with E-state index in [0.29, 0.717) is 0 Å². The molecule has 1 heteroatoms. The van der Waals surface area contributed by atoms with Crippen LogP contribution in [0.2, 0.25) is 0 Å². The molecule has 0 fully saturated rings. The van der Waals surface area contributed by atoms with E-state index in [1.165, 1.54) is 0 Å². The molecule has 0 aliphatic rings. The lowest BCUT2D eigenvalue weighted by Gasteiger charge is -1.77. The summed E-state index contributed by atoms with van der Waals surface area (Å²) in [4.78, 5) is 0. The molecule has 0 rings (SSSR count). The minimum Gasteiger partial charge on any atom is -0.175 e. The molecule has 0 N–H and O–H groups in total. The van der Waals surface area contributed by atoms with Gasteiger partial charge < -0.3 is 0 Å². The zero-order valence-corrected chi connectivity index (χ0v) is 4.04. The van der Waals surface area contributed by atoms with Gasteiger partial charge in [0.15, 0.2) is 0 Å². The Morgan fingerprint density at radius 2 is 2.40 bits per heavy atom. The van der Waals surface area contributed by atoms with Crippen molar-refractivity contribution < 1.29 is 0 Å². The third-order valence-corrected chi connectivity index (χ3v) is 0.591. The molecule has 0 spiro atoms. The van der Waals surface area contributed by atoms with E-state index in [1.54, 1.807) is 0 Å². The van der Waals surface area contributed by atoms with Crippen LogP contribution in [0, 0.1) is 12.7 Å². The summed E-state index contributed by atoms with van der Waals surface area (Å²) in [5.41, 5.74) is 0. The van der Waals surface area contributed by atoms with Crippen LogP contribution < -0.4 is 0 Å². The molecule has 0 nitrogen and oxygen atoms in total. The average molecular weight is 88.2 g/mol. The maximum absolute atomic E-state index is 3.84. The zero-order valence-electron chi connectivity index (χ0n) is 3.15. The summed E-state index contributed by atoms with van der Waals surface area (Å²) >= 11 is 3.84. The summed E-state index contributed by atoms with van der Waals surface area (Å²) in [6.07, 6.45) is 1.98. The van der Waals surface area contributed by atoms with Gasteiger partial charge in [0.2, 0.25) is 0 Å². The van der Waals surface area contributed by atoms with Crippen molar-refractivity contribution in [2.24, 2.45) is 0 Å². The standard InChI is InChI=1S/C4H8S/c1-2-3-4-5/h4-5H,1-3H2. The van der Waals surface area contributed by atoms with Gasteiger partial charge in [-0.25, -0.2) is 0 Å². The topological polar surface area (TPSA) is 0 Å². The fraction of sp³-hybridized carbons (Fsp3) is 0.500. The lowest BCUT2D eigenvalue weighted by Crippen LogP contribution is -1.58. The largest absolute Gasteiger partial charge is 0.175 e. The predicted octanol–water partition coefficient (Wildman–Crippen LogP) is 1.69. The molecule has 0 aliphatic heterocycles. The number of thiol groups is 1. The summed E-state index contributed by atoms with van der Waals surface area (Å²) in [6.45, 7) is 3.60. The van der Waals surface area contributed by atoms with Crippen LogP contribution in [-0.2, 0) is 0 Å². The quantitative estimate of drug-likeness (QED) is 0.488. The van der Waals surface area contributed by atoms with Crippen molar-refractivity contribution in [1.82, 2.24) is 0 Å².